The standard InChI is InChI=1S/C12H16ClNO5S/c1-7-9(3-4-18-7)6-14-12(15)10-5-11(8(2)19-10)20(13,16)17/h5,7,9H,3-4,6H2,1-2H3,(H,14,15). The number of halogens is 1. The van der Waals surface area contributed by atoms with Gasteiger partial charge < -0.3 is 14.5 Å². The first-order valence-electron chi connectivity index (χ1n) is 6.24. The monoisotopic (exact) mass is 321 g/mol. The predicted octanol–water partition coefficient (Wildman–Crippen LogP) is 1.67. The number of hydrogen-bond donors (Lipinski definition) is 1. The number of furan rings is 1. The second-order valence-corrected chi connectivity index (χ2v) is 7.34. The molecule has 0 saturated carbocycles. The molecule has 2 atom stereocenters. The van der Waals surface area contributed by atoms with E-state index in [-0.39, 0.29) is 28.4 Å². The number of aryl methyl sites for hydroxylation is 1. The molecule has 2 unspecified atom stereocenters. The van der Waals surface area contributed by atoms with Crippen LogP contribution in [0.25, 0.3) is 0 Å². The summed E-state index contributed by atoms with van der Waals surface area (Å²) in [5, 5.41) is 2.71. The van der Waals surface area contributed by atoms with Crippen LogP contribution in [0.4, 0.5) is 0 Å². The van der Waals surface area contributed by atoms with Crippen molar-refractivity contribution in [2.24, 2.45) is 5.92 Å². The normalized spacial score (nSPS) is 22.9. The second kappa shape index (κ2) is 5.75. The summed E-state index contributed by atoms with van der Waals surface area (Å²) < 4.78 is 33.1. The summed E-state index contributed by atoms with van der Waals surface area (Å²) in [6.45, 7) is 4.55. The molecule has 0 radical (unpaired) electrons. The lowest BCUT2D eigenvalue weighted by Crippen LogP contribution is -2.31. The van der Waals surface area contributed by atoms with Crippen molar-refractivity contribution in [2.75, 3.05) is 13.2 Å². The highest BCUT2D eigenvalue weighted by atomic mass is 35.7. The van der Waals surface area contributed by atoms with Gasteiger partial charge in [0.05, 0.1) is 6.10 Å². The molecule has 8 heteroatoms. The minimum absolute atomic E-state index is 0.0618. The van der Waals surface area contributed by atoms with E-state index >= 15 is 0 Å². The van der Waals surface area contributed by atoms with Crippen molar-refractivity contribution in [3.8, 4) is 0 Å². The van der Waals surface area contributed by atoms with Gasteiger partial charge in [-0.2, -0.15) is 0 Å². The van der Waals surface area contributed by atoms with Crippen molar-refractivity contribution < 1.29 is 22.4 Å². The van der Waals surface area contributed by atoms with Crippen LogP contribution < -0.4 is 5.32 Å². The van der Waals surface area contributed by atoms with Crippen LogP contribution >= 0.6 is 10.7 Å². The van der Waals surface area contributed by atoms with Crippen LogP contribution in [0.1, 0.15) is 29.7 Å². The van der Waals surface area contributed by atoms with Gasteiger partial charge in [0.15, 0.2) is 5.76 Å². The Hall–Kier alpha value is -1.05. The topological polar surface area (TPSA) is 85.6 Å². The van der Waals surface area contributed by atoms with Crippen LogP contribution in [-0.4, -0.2) is 33.6 Å². The summed E-state index contributed by atoms with van der Waals surface area (Å²) in [5.74, 6) is -0.166. The Labute approximate surface area is 121 Å². The van der Waals surface area contributed by atoms with Gasteiger partial charge in [0.25, 0.3) is 15.0 Å². The number of rotatable bonds is 4. The van der Waals surface area contributed by atoms with Gasteiger partial charge in [-0.25, -0.2) is 8.42 Å². The molecule has 2 rings (SSSR count). The molecule has 0 aromatic carbocycles. The van der Waals surface area contributed by atoms with E-state index in [1.165, 1.54) is 6.92 Å². The first kappa shape index (κ1) is 15.3. The Bertz CT molecular complexity index is 609. The molecule has 1 aromatic heterocycles. The number of ether oxygens (including phenoxy) is 1. The van der Waals surface area contributed by atoms with Crippen LogP contribution in [0.5, 0.6) is 0 Å². The summed E-state index contributed by atoms with van der Waals surface area (Å²) in [6.07, 6.45) is 0.993. The lowest BCUT2D eigenvalue weighted by molar-refractivity contribution is 0.0883. The molecule has 2 heterocycles. The van der Waals surface area contributed by atoms with E-state index in [1.807, 2.05) is 6.92 Å². The molecule has 1 N–H and O–H groups in total. The molecule has 1 aromatic rings. The smallest absolute Gasteiger partial charge is 0.287 e. The predicted molar refractivity (Wildman–Crippen MR) is 72.3 cm³/mol. The van der Waals surface area contributed by atoms with Crippen molar-refractivity contribution >= 4 is 25.6 Å². The largest absolute Gasteiger partial charge is 0.455 e. The maximum Gasteiger partial charge on any atom is 0.287 e. The molecule has 20 heavy (non-hydrogen) atoms. The molecule has 1 aliphatic rings. The number of nitrogens with one attached hydrogen (secondary N) is 1. The molecule has 0 spiro atoms. The van der Waals surface area contributed by atoms with E-state index in [9.17, 15) is 13.2 Å². The molecular weight excluding hydrogens is 306 g/mol. The second-order valence-electron chi connectivity index (χ2n) is 4.80. The molecule has 1 saturated heterocycles. The molecule has 0 bridgehead atoms. The van der Waals surface area contributed by atoms with Crippen molar-refractivity contribution in [1.82, 2.24) is 5.32 Å². The molecule has 1 fully saturated rings. The third-order valence-electron chi connectivity index (χ3n) is 3.42. The SMILES string of the molecule is Cc1oc(C(=O)NCC2CCOC2C)cc1S(=O)(=O)Cl. The number of amides is 1. The van der Waals surface area contributed by atoms with Crippen LogP contribution in [0, 0.1) is 12.8 Å². The van der Waals surface area contributed by atoms with Crippen LogP contribution in [0.3, 0.4) is 0 Å². The molecule has 6 nitrogen and oxygen atoms in total. The minimum Gasteiger partial charge on any atom is -0.455 e. The Balaban J connectivity index is 2.03. The van der Waals surface area contributed by atoms with E-state index < -0.39 is 15.0 Å². The summed E-state index contributed by atoms with van der Waals surface area (Å²) in [6, 6.07) is 1.14. The van der Waals surface area contributed by atoms with Crippen LogP contribution in [0.2, 0.25) is 0 Å². The van der Waals surface area contributed by atoms with Gasteiger partial charge in [0.1, 0.15) is 10.7 Å². The Kier molecular flexibility index (Phi) is 4.41. The maximum atomic E-state index is 11.9. The third-order valence-corrected chi connectivity index (χ3v) is 4.85. The average molecular weight is 322 g/mol. The first-order valence-corrected chi connectivity index (χ1v) is 8.55. The zero-order chi connectivity index (χ0) is 14.9. The quantitative estimate of drug-likeness (QED) is 0.853. The van der Waals surface area contributed by atoms with Gasteiger partial charge in [0, 0.05) is 35.8 Å². The number of carbonyl (C=O) groups excluding carboxylic acids is 1. The Morgan fingerprint density at radius 1 is 1.55 bits per heavy atom. The van der Waals surface area contributed by atoms with Crippen LogP contribution in [0.15, 0.2) is 15.4 Å². The van der Waals surface area contributed by atoms with Crippen molar-refractivity contribution in [2.45, 2.75) is 31.3 Å². The molecule has 1 amide bonds. The van der Waals surface area contributed by atoms with E-state index in [2.05, 4.69) is 5.32 Å². The fraction of sp³-hybridized carbons (Fsp3) is 0.583. The van der Waals surface area contributed by atoms with Gasteiger partial charge in [-0.05, 0) is 20.3 Å². The maximum absolute atomic E-state index is 11.9. The summed E-state index contributed by atoms with van der Waals surface area (Å²) >= 11 is 0. The van der Waals surface area contributed by atoms with Crippen molar-refractivity contribution in [3.63, 3.8) is 0 Å². The van der Waals surface area contributed by atoms with E-state index in [4.69, 9.17) is 19.8 Å². The van der Waals surface area contributed by atoms with Gasteiger partial charge in [0.2, 0.25) is 0 Å². The third kappa shape index (κ3) is 3.34. The van der Waals surface area contributed by atoms with E-state index in [1.54, 1.807) is 0 Å². The number of carbonyl (C=O) groups is 1. The lowest BCUT2D eigenvalue weighted by atomic mass is 10.0. The fourth-order valence-electron chi connectivity index (χ4n) is 2.17. The number of hydrogen-bond acceptors (Lipinski definition) is 5. The minimum atomic E-state index is -3.91. The van der Waals surface area contributed by atoms with Gasteiger partial charge in [-0.3, -0.25) is 4.79 Å². The van der Waals surface area contributed by atoms with Crippen molar-refractivity contribution in [1.29, 1.82) is 0 Å². The van der Waals surface area contributed by atoms with Crippen LogP contribution in [-0.2, 0) is 13.8 Å². The van der Waals surface area contributed by atoms with E-state index in [0.29, 0.717) is 13.2 Å². The zero-order valence-electron chi connectivity index (χ0n) is 11.2. The first-order chi connectivity index (χ1) is 9.29. The van der Waals surface area contributed by atoms with Gasteiger partial charge >= 0.3 is 0 Å². The van der Waals surface area contributed by atoms with Crippen molar-refractivity contribution in [3.05, 3.63) is 17.6 Å². The van der Waals surface area contributed by atoms with Gasteiger partial charge in [-0.1, -0.05) is 0 Å². The zero-order valence-corrected chi connectivity index (χ0v) is 12.8. The lowest BCUT2D eigenvalue weighted by Gasteiger charge is -2.13. The molecule has 1 aliphatic heterocycles. The average Bonchev–Trinajstić information content (AvgIpc) is 2.92. The Morgan fingerprint density at radius 2 is 2.25 bits per heavy atom. The Morgan fingerprint density at radius 3 is 2.75 bits per heavy atom. The highest BCUT2D eigenvalue weighted by Gasteiger charge is 2.26. The van der Waals surface area contributed by atoms with E-state index in [0.717, 1.165) is 12.5 Å². The highest BCUT2D eigenvalue weighted by Crippen LogP contribution is 2.24. The molecule has 112 valence electrons. The summed E-state index contributed by atoms with van der Waals surface area (Å²) in [4.78, 5) is 11.7. The fourth-order valence-corrected chi connectivity index (χ4v) is 3.27. The molecule has 0 aliphatic carbocycles. The highest BCUT2D eigenvalue weighted by molar-refractivity contribution is 8.13. The summed E-state index contributed by atoms with van der Waals surface area (Å²) in [7, 11) is 1.34. The summed E-state index contributed by atoms with van der Waals surface area (Å²) in [5.41, 5.74) is 0. The molecular formula is C12H16ClNO5S. The van der Waals surface area contributed by atoms with Gasteiger partial charge in [-0.15, -0.1) is 0 Å².